The summed E-state index contributed by atoms with van der Waals surface area (Å²) in [6.07, 6.45) is 0. The van der Waals surface area contributed by atoms with Gasteiger partial charge in [-0.2, -0.15) is 4.39 Å². The molecule has 7 heteroatoms. The predicted molar refractivity (Wildman–Crippen MR) is 70.6 cm³/mol. The Morgan fingerprint density at radius 1 is 1.26 bits per heavy atom. The van der Waals surface area contributed by atoms with Gasteiger partial charge in [-0.1, -0.05) is 6.07 Å². The molecule has 19 heavy (non-hydrogen) atoms. The summed E-state index contributed by atoms with van der Waals surface area (Å²) >= 11 is 0. The summed E-state index contributed by atoms with van der Waals surface area (Å²) in [7, 11) is -3.83. The summed E-state index contributed by atoms with van der Waals surface area (Å²) in [5.74, 6) is -0.843. The van der Waals surface area contributed by atoms with Gasteiger partial charge in [0.05, 0.1) is 4.90 Å². The second-order valence-electron chi connectivity index (χ2n) is 4.03. The Hall–Kier alpha value is -2.15. The van der Waals surface area contributed by atoms with Crippen LogP contribution in [0.4, 0.5) is 15.9 Å². The van der Waals surface area contributed by atoms with Crippen LogP contribution in [0.2, 0.25) is 0 Å². The minimum Gasteiger partial charge on any atom is -0.399 e. The number of pyridine rings is 1. The molecule has 0 radical (unpaired) electrons. The quantitative estimate of drug-likeness (QED) is 0.665. The number of halogens is 1. The molecule has 1 aromatic carbocycles. The second-order valence-corrected chi connectivity index (χ2v) is 5.71. The molecule has 3 N–H and O–H groups in total. The Kier molecular flexibility index (Phi) is 3.39. The van der Waals surface area contributed by atoms with Gasteiger partial charge in [-0.05, 0) is 42.8 Å². The lowest BCUT2D eigenvalue weighted by Gasteiger charge is -2.08. The van der Waals surface area contributed by atoms with Gasteiger partial charge in [0, 0.05) is 5.69 Å². The number of rotatable bonds is 3. The lowest BCUT2D eigenvalue weighted by Crippen LogP contribution is -2.14. The maximum atomic E-state index is 12.9. The van der Waals surface area contributed by atoms with Crippen LogP contribution in [-0.4, -0.2) is 13.4 Å². The highest BCUT2D eigenvalue weighted by molar-refractivity contribution is 7.92. The predicted octanol–water partition coefficient (Wildman–Crippen LogP) is 1.91. The number of nitrogen functional groups attached to an aromatic ring is 1. The Morgan fingerprint density at radius 3 is 2.63 bits per heavy atom. The number of nitrogens with two attached hydrogens (primary N) is 1. The molecule has 0 unspecified atom stereocenters. The summed E-state index contributed by atoms with van der Waals surface area (Å²) in [6, 6.07) is 8.30. The molecule has 1 heterocycles. The largest absolute Gasteiger partial charge is 0.399 e. The van der Waals surface area contributed by atoms with Crippen molar-refractivity contribution in [3.63, 3.8) is 0 Å². The zero-order valence-electron chi connectivity index (χ0n) is 10.1. The van der Waals surface area contributed by atoms with E-state index in [0.29, 0.717) is 11.3 Å². The van der Waals surface area contributed by atoms with Crippen LogP contribution in [0.5, 0.6) is 0 Å². The first-order valence-electron chi connectivity index (χ1n) is 5.39. The van der Waals surface area contributed by atoms with Crippen LogP contribution in [0.15, 0.2) is 41.3 Å². The van der Waals surface area contributed by atoms with Crippen molar-refractivity contribution >= 4 is 21.5 Å². The van der Waals surface area contributed by atoms with Gasteiger partial charge >= 0.3 is 0 Å². The van der Waals surface area contributed by atoms with Crippen molar-refractivity contribution in [2.24, 2.45) is 0 Å². The number of nitrogens with zero attached hydrogens (tertiary/aromatic N) is 1. The molecular weight excluding hydrogens is 269 g/mol. The van der Waals surface area contributed by atoms with Gasteiger partial charge in [-0.15, -0.1) is 0 Å². The van der Waals surface area contributed by atoms with Crippen LogP contribution in [0.25, 0.3) is 0 Å². The van der Waals surface area contributed by atoms with E-state index < -0.39 is 16.0 Å². The number of hydrogen-bond donors (Lipinski definition) is 2. The Morgan fingerprint density at radius 2 is 2.00 bits per heavy atom. The van der Waals surface area contributed by atoms with Crippen molar-refractivity contribution in [1.29, 1.82) is 0 Å². The van der Waals surface area contributed by atoms with Crippen molar-refractivity contribution in [3.05, 3.63) is 47.9 Å². The number of aryl methyl sites for hydroxylation is 1. The molecule has 5 nitrogen and oxygen atoms in total. The molecule has 2 rings (SSSR count). The Bertz CT molecular complexity index is 696. The highest BCUT2D eigenvalue weighted by Gasteiger charge is 2.16. The van der Waals surface area contributed by atoms with Gasteiger partial charge in [0.2, 0.25) is 5.95 Å². The van der Waals surface area contributed by atoms with E-state index in [1.807, 2.05) is 0 Å². The molecule has 0 saturated heterocycles. The molecule has 0 saturated carbocycles. The lowest BCUT2D eigenvalue weighted by molar-refractivity contribution is 0.584. The number of aromatic nitrogens is 1. The number of nitrogens with one attached hydrogen (secondary N) is 1. The van der Waals surface area contributed by atoms with Gasteiger partial charge < -0.3 is 5.73 Å². The van der Waals surface area contributed by atoms with E-state index in [-0.39, 0.29) is 10.7 Å². The highest BCUT2D eigenvalue weighted by atomic mass is 32.2. The Balaban J connectivity index is 2.37. The van der Waals surface area contributed by atoms with E-state index in [1.54, 1.807) is 13.0 Å². The van der Waals surface area contributed by atoms with Crippen LogP contribution in [0, 0.1) is 12.9 Å². The van der Waals surface area contributed by atoms with Gasteiger partial charge in [-0.25, -0.2) is 13.4 Å². The van der Waals surface area contributed by atoms with E-state index in [4.69, 9.17) is 5.73 Å². The van der Waals surface area contributed by atoms with Gasteiger partial charge in [0.1, 0.15) is 5.82 Å². The van der Waals surface area contributed by atoms with E-state index in [1.165, 1.54) is 24.3 Å². The first-order valence-corrected chi connectivity index (χ1v) is 6.88. The van der Waals surface area contributed by atoms with Crippen molar-refractivity contribution in [2.45, 2.75) is 11.8 Å². The maximum Gasteiger partial charge on any atom is 0.263 e. The standard InChI is InChI=1S/C12H12FN3O2S/c1-8-5-9(14)7-10(6-8)19(17,18)16-12-4-2-3-11(13)15-12/h2-7H,14H2,1H3,(H,15,16). The lowest BCUT2D eigenvalue weighted by atomic mass is 10.2. The zero-order chi connectivity index (χ0) is 14.0. The van der Waals surface area contributed by atoms with Crippen molar-refractivity contribution < 1.29 is 12.8 Å². The number of anilines is 2. The molecule has 0 atom stereocenters. The molecule has 0 aliphatic carbocycles. The number of hydrogen-bond acceptors (Lipinski definition) is 4. The average molecular weight is 281 g/mol. The molecule has 2 aromatic rings. The van der Waals surface area contributed by atoms with Crippen molar-refractivity contribution in [3.8, 4) is 0 Å². The fourth-order valence-electron chi connectivity index (χ4n) is 1.59. The first kappa shape index (κ1) is 13.3. The molecule has 0 aliphatic rings. The molecule has 0 fully saturated rings. The third-order valence-electron chi connectivity index (χ3n) is 2.34. The van der Waals surface area contributed by atoms with Gasteiger partial charge in [0.25, 0.3) is 10.0 Å². The summed E-state index contributed by atoms with van der Waals surface area (Å²) < 4.78 is 39.3. The van der Waals surface area contributed by atoms with Crippen LogP contribution in [-0.2, 0) is 10.0 Å². The van der Waals surface area contributed by atoms with E-state index in [0.717, 1.165) is 6.07 Å². The molecule has 0 amide bonds. The van der Waals surface area contributed by atoms with Gasteiger partial charge in [-0.3, -0.25) is 4.72 Å². The molecular formula is C12H12FN3O2S. The van der Waals surface area contributed by atoms with Crippen LogP contribution >= 0.6 is 0 Å². The van der Waals surface area contributed by atoms with Crippen LogP contribution in [0.3, 0.4) is 0 Å². The first-order chi connectivity index (χ1) is 8.87. The smallest absolute Gasteiger partial charge is 0.263 e. The topological polar surface area (TPSA) is 85.1 Å². The maximum absolute atomic E-state index is 12.9. The molecule has 0 aliphatic heterocycles. The monoisotopic (exact) mass is 281 g/mol. The Labute approximate surface area is 110 Å². The van der Waals surface area contributed by atoms with E-state index in [9.17, 15) is 12.8 Å². The molecule has 0 bridgehead atoms. The molecule has 100 valence electrons. The zero-order valence-corrected chi connectivity index (χ0v) is 10.9. The van der Waals surface area contributed by atoms with Crippen molar-refractivity contribution in [2.75, 3.05) is 10.5 Å². The average Bonchev–Trinajstić information content (AvgIpc) is 2.26. The molecule has 0 spiro atoms. The van der Waals surface area contributed by atoms with Crippen molar-refractivity contribution in [1.82, 2.24) is 4.98 Å². The van der Waals surface area contributed by atoms with Crippen LogP contribution < -0.4 is 10.5 Å². The third-order valence-corrected chi connectivity index (χ3v) is 3.67. The summed E-state index contributed by atoms with van der Waals surface area (Å²) in [4.78, 5) is 3.45. The van der Waals surface area contributed by atoms with Crippen LogP contribution in [0.1, 0.15) is 5.56 Å². The minimum absolute atomic E-state index is 0.0102. The fourth-order valence-corrected chi connectivity index (χ4v) is 2.73. The molecule has 1 aromatic heterocycles. The van der Waals surface area contributed by atoms with E-state index >= 15 is 0 Å². The third kappa shape index (κ3) is 3.19. The number of benzene rings is 1. The summed E-state index contributed by atoms with van der Waals surface area (Å²) in [5, 5.41) is 0. The summed E-state index contributed by atoms with van der Waals surface area (Å²) in [6.45, 7) is 1.73. The number of sulfonamides is 1. The summed E-state index contributed by atoms with van der Waals surface area (Å²) in [5.41, 5.74) is 6.66. The fraction of sp³-hybridized carbons (Fsp3) is 0.0833. The highest BCUT2D eigenvalue weighted by Crippen LogP contribution is 2.19. The minimum atomic E-state index is -3.83. The van der Waals surface area contributed by atoms with Gasteiger partial charge in [0.15, 0.2) is 0 Å². The normalized spacial score (nSPS) is 11.3. The second kappa shape index (κ2) is 4.85. The SMILES string of the molecule is Cc1cc(N)cc(S(=O)(=O)Nc2cccc(F)n2)c1. The van der Waals surface area contributed by atoms with E-state index in [2.05, 4.69) is 9.71 Å².